The van der Waals surface area contributed by atoms with Crippen LogP contribution in [0.3, 0.4) is 0 Å². The maximum Gasteiger partial charge on any atom is 0.325 e. The Balaban J connectivity index is 3.25. The second kappa shape index (κ2) is 7.31. The van der Waals surface area contributed by atoms with Crippen LogP contribution in [0.15, 0.2) is 12.2 Å². The molecule has 0 spiro atoms. The highest BCUT2D eigenvalue weighted by Gasteiger charge is 2.10. The Bertz CT molecular complexity index is 183. The predicted molar refractivity (Wildman–Crippen MR) is 54.8 cm³/mol. The van der Waals surface area contributed by atoms with Gasteiger partial charge in [-0.2, -0.15) is 0 Å². The summed E-state index contributed by atoms with van der Waals surface area (Å²) < 4.78 is 10.4. The molecule has 0 rings (SSSR count). The van der Waals surface area contributed by atoms with Gasteiger partial charge < -0.3 is 9.79 Å². The molecular weight excluding hydrogens is 187 g/mol. The average Bonchev–Trinajstić information content (AvgIpc) is 2.01. The first-order valence-corrected chi connectivity index (χ1v) is 6.55. The van der Waals surface area contributed by atoms with Crippen LogP contribution >= 0.6 is 7.60 Å². The summed E-state index contributed by atoms with van der Waals surface area (Å²) in [4.78, 5) is 17.1. The molecule has 4 heteroatoms. The molecule has 0 heterocycles. The number of unbranched alkanes of at least 4 members (excludes halogenated alkanes) is 3. The zero-order valence-corrected chi connectivity index (χ0v) is 9.04. The number of hydrogen-bond donors (Lipinski definition) is 2. The molecule has 78 valence electrons. The standard InChI is InChI=1S/C9H19O3P/c1-2-3-4-5-6-7-8-9-13(10,11)12/h5-6H,2-4,7-9H2,1H3,(H2,10,11,12). The molecule has 0 aliphatic heterocycles. The molecule has 0 saturated carbocycles. The summed E-state index contributed by atoms with van der Waals surface area (Å²) in [6.45, 7) is 2.14. The van der Waals surface area contributed by atoms with E-state index in [0.717, 1.165) is 12.8 Å². The van der Waals surface area contributed by atoms with Crippen LogP contribution in [0.2, 0.25) is 0 Å². The first-order chi connectivity index (χ1) is 6.06. The molecule has 0 aromatic carbocycles. The van der Waals surface area contributed by atoms with E-state index in [1.807, 2.05) is 6.08 Å². The summed E-state index contributed by atoms with van der Waals surface area (Å²) in [6.07, 6.45) is 8.90. The van der Waals surface area contributed by atoms with E-state index in [1.165, 1.54) is 12.8 Å². The van der Waals surface area contributed by atoms with Gasteiger partial charge >= 0.3 is 7.60 Å². The molecular formula is C9H19O3P. The molecule has 0 aliphatic carbocycles. The molecule has 0 bridgehead atoms. The lowest BCUT2D eigenvalue weighted by Crippen LogP contribution is -1.85. The second-order valence-corrected chi connectivity index (χ2v) is 4.92. The van der Waals surface area contributed by atoms with Crippen molar-refractivity contribution in [2.45, 2.75) is 39.0 Å². The zero-order valence-electron chi connectivity index (χ0n) is 8.15. The van der Waals surface area contributed by atoms with E-state index in [1.54, 1.807) is 0 Å². The van der Waals surface area contributed by atoms with Crippen LogP contribution in [0.5, 0.6) is 0 Å². The van der Waals surface area contributed by atoms with Crippen LogP contribution < -0.4 is 0 Å². The molecule has 0 saturated heterocycles. The van der Waals surface area contributed by atoms with Crippen molar-refractivity contribution in [2.24, 2.45) is 0 Å². The molecule has 0 aromatic heterocycles. The minimum atomic E-state index is -3.76. The van der Waals surface area contributed by atoms with Gasteiger partial charge in [0, 0.05) is 0 Å². The monoisotopic (exact) mass is 206 g/mol. The maximum absolute atomic E-state index is 10.4. The molecule has 0 atom stereocenters. The van der Waals surface area contributed by atoms with E-state index >= 15 is 0 Å². The molecule has 0 aliphatic rings. The molecule has 2 N–H and O–H groups in total. The Morgan fingerprint density at radius 3 is 2.15 bits per heavy atom. The van der Waals surface area contributed by atoms with Gasteiger partial charge in [0.25, 0.3) is 0 Å². The van der Waals surface area contributed by atoms with Crippen molar-refractivity contribution in [3.05, 3.63) is 12.2 Å². The third-order valence-corrected chi connectivity index (χ3v) is 2.61. The summed E-state index contributed by atoms with van der Waals surface area (Å²) in [5, 5.41) is 0. The molecule has 0 aromatic rings. The van der Waals surface area contributed by atoms with E-state index in [0.29, 0.717) is 6.42 Å². The number of hydrogen-bond acceptors (Lipinski definition) is 1. The van der Waals surface area contributed by atoms with Crippen molar-refractivity contribution >= 4 is 7.60 Å². The van der Waals surface area contributed by atoms with Gasteiger partial charge in [-0.25, -0.2) is 0 Å². The van der Waals surface area contributed by atoms with E-state index in [-0.39, 0.29) is 6.16 Å². The van der Waals surface area contributed by atoms with E-state index < -0.39 is 7.60 Å². The largest absolute Gasteiger partial charge is 0.325 e. The van der Waals surface area contributed by atoms with Gasteiger partial charge in [0.1, 0.15) is 0 Å². The fourth-order valence-corrected chi connectivity index (χ4v) is 1.57. The van der Waals surface area contributed by atoms with Crippen molar-refractivity contribution in [3.63, 3.8) is 0 Å². The van der Waals surface area contributed by atoms with Gasteiger partial charge in [0.2, 0.25) is 0 Å². The number of allylic oxidation sites excluding steroid dienone is 2. The molecule has 0 amide bonds. The zero-order chi connectivity index (χ0) is 10.2. The van der Waals surface area contributed by atoms with Gasteiger partial charge in [0.15, 0.2) is 0 Å². The third kappa shape index (κ3) is 11.9. The Morgan fingerprint density at radius 1 is 1.15 bits per heavy atom. The minimum absolute atomic E-state index is 0.00508. The van der Waals surface area contributed by atoms with Crippen LogP contribution in [-0.2, 0) is 4.57 Å². The SMILES string of the molecule is CCCCC=CCCCP(=O)(O)O. The quantitative estimate of drug-likeness (QED) is 0.382. The first-order valence-electron chi connectivity index (χ1n) is 4.76. The molecule has 3 nitrogen and oxygen atoms in total. The first kappa shape index (κ1) is 12.9. The lowest BCUT2D eigenvalue weighted by molar-refractivity contribution is 0.372. The van der Waals surface area contributed by atoms with Gasteiger partial charge in [0.05, 0.1) is 6.16 Å². The smallest absolute Gasteiger partial charge is 0.324 e. The Hall–Kier alpha value is -0.110. The van der Waals surface area contributed by atoms with Crippen molar-refractivity contribution in [3.8, 4) is 0 Å². The lowest BCUT2D eigenvalue weighted by atomic mass is 10.2. The van der Waals surface area contributed by atoms with Crippen LogP contribution in [0.4, 0.5) is 0 Å². The fourth-order valence-electron chi connectivity index (χ4n) is 0.973. The topological polar surface area (TPSA) is 57.5 Å². The summed E-state index contributed by atoms with van der Waals surface area (Å²) in [6, 6.07) is 0. The van der Waals surface area contributed by atoms with Crippen LogP contribution in [0.1, 0.15) is 39.0 Å². The van der Waals surface area contributed by atoms with Crippen LogP contribution in [0, 0.1) is 0 Å². The average molecular weight is 206 g/mol. The van der Waals surface area contributed by atoms with Gasteiger partial charge in [-0.3, -0.25) is 4.57 Å². The third-order valence-electron chi connectivity index (χ3n) is 1.71. The lowest BCUT2D eigenvalue weighted by Gasteiger charge is -2.00. The normalized spacial score (nSPS) is 12.5. The highest BCUT2D eigenvalue weighted by Crippen LogP contribution is 2.35. The number of rotatable bonds is 7. The van der Waals surface area contributed by atoms with E-state index in [9.17, 15) is 4.57 Å². The Kier molecular flexibility index (Phi) is 7.25. The molecule has 0 fully saturated rings. The summed E-state index contributed by atoms with van der Waals surface area (Å²) in [7, 11) is -3.76. The minimum Gasteiger partial charge on any atom is -0.324 e. The highest BCUT2D eigenvalue weighted by molar-refractivity contribution is 7.51. The van der Waals surface area contributed by atoms with E-state index in [2.05, 4.69) is 13.0 Å². The molecule has 0 radical (unpaired) electrons. The Labute approximate surface area is 80.0 Å². The van der Waals surface area contributed by atoms with Gasteiger partial charge in [-0.05, 0) is 19.3 Å². The summed E-state index contributed by atoms with van der Waals surface area (Å²) in [5.74, 6) is 0. The van der Waals surface area contributed by atoms with Crippen molar-refractivity contribution in [2.75, 3.05) is 6.16 Å². The van der Waals surface area contributed by atoms with Gasteiger partial charge in [-0.1, -0.05) is 31.9 Å². The van der Waals surface area contributed by atoms with Crippen molar-refractivity contribution < 1.29 is 14.4 Å². The van der Waals surface area contributed by atoms with E-state index in [4.69, 9.17) is 9.79 Å². The van der Waals surface area contributed by atoms with Gasteiger partial charge in [-0.15, -0.1) is 0 Å². The molecule has 13 heavy (non-hydrogen) atoms. The van der Waals surface area contributed by atoms with Crippen LogP contribution in [-0.4, -0.2) is 15.9 Å². The molecule has 0 unspecified atom stereocenters. The van der Waals surface area contributed by atoms with Crippen molar-refractivity contribution in [1.82, 2.24) is 0 Å². The summed E-state index contributed by atoms with van der Waals surface area (Å²) in [5.41, 5.74) is 0. The maximum atomic E-state index is 10.4. The van der Waals surface area contributed by atoms with Crippen LogP contribution in [0.25, 0.3) is 0 Å². The fraction of sp³-hybridized carbons (Fsp3) is 0.778. The Morgan fingerprint density at radius 2 is 1.69 bits per heavy atom. The second-order valence-electron chi connectivity index (χ2n) is 3.14. The summed E-state index contributed by atoms with van der Waals surface area (Å²) >= 11 is 0. The predicted octanol–water partition coefficient (Wildman–Crippen LogP) is 2.69. The van der Waals surface area contributed by atoms with Crippen molar-refractivity contribution in [1.29, 1.82) is 0 Å². The highest BCUT2D eigenvalue weighted by atomic mass is 31.2.